The molecule has 0 aliphatic heterocycles. The van der Waals surface area contributed by atoms with Crippen LogP contribution in [0.5, 0.6) is 0 Å². The van der Waals surface area contributed by atoms with Crippen molar-refractivity contribution < 1.29 is 9.18 Å². The molecule has 152 valence electrons. The van der Waals surface area contributed by atoms with Gasteiger partial charge in [0.15, 0.2) is 9.99 Å². The number of para-hydroxylation sites is 1. The maximum Gasteiger partial charge on any atom is 0.337 e. The van der Waals surface area contributed by atoms with Crippen LogP contribution in [0, 0.1) is 5.82 Å². The zero-order valence-electron chi connectivity index (χ0n) is 15.7. The average molecular weight is 442 g/mol. The molecule has 4 rings (SSSR count). The lowest BCUT2D eigenvalue weighted by Crippen LogP contribution is -2.40. The first kappa shape index (κ1) is 20.0. The summed E-state index contributed by atoms with van der Waals surface area (Å²) < 4.78 is 16.5. The molecule has 0 spiro atoms. The van der Waals surface area contributed by atoms with Gasteiger partial charge in [-0.25, -0.2) is 18.7 Å². The second-order valence-electron chi connectivity index (χ2n) is 6.24. The topological polar surface area (TPSA) is 86.0 Å². The summed E-state index contributed by atoms with van der Waals surface area (Å²) in [7, 11) is 0. The highest BCUT2D eigenvalue weighted by Gasteiger charge is 2.20. The third-order valence-electron chi connectivity index (χ3n) is 4.26. The standard InChI is InChI=1S/C20H15FN4O3S2/c1-29-19-23-17-16(30-19)18(27)25(14-8-3-2-4-9-14)20(28)24(17)11-15(26)22-13-7-5-6-12(21)10-13/h2-10H,11H2,1H3,(H,22,26). The average Bonchev–Trinajstić information content (AvgIpc) is 3.17. The molecular weight excluding hydrogens is 427 g/mol. The number of carbonyl (C=O) groups is 1. The first-order valence-electron chi connectivity index (χ1n) is 8.79. The lowest BCUT2D eigenvalue weighted by molar-refractivity contribution is -0.116. The van der Waals surface area contributed by atoms with E-state index in [1.54, 1.807) is 36.4 Å². The van der Waals surface area contributed by atoms with E-state index in [1.165, 1.54) is 41.3 Å². The van der Waals surface area contributed by atoms with Crippen LogP contribution in [0.3, 0.4) is 0 Å². The van der Waals surface area contributed by atoms with Crippen LogP contribution in [0.15, 0.2) is 68.5 Å². The van der Waals surface area contributed by atoms with Crippen LogP contribution in [0.4, 0.5) is 10.1 Å². The molecule has 1 N–H and O–H groups in total. The first-order valence-corrected chi connectivity index (χ1v) is 10.8. The summed E-state index contributed by atoms with van der Waals surface area (Å²) in [6, 6.07) is 13.9. The molecule has 0 fully saturated rings. The Labute approximate surface area is 177 Å². The number of carbonyl (C=O) groups excluding carboxylic acids is 1. The second-order valence-corrected chi connectivity index (χ2v) is 8.29. The minimum Gasteiger partial charge on any atom is -0.324 e. The Morgan fingerprint density at radius 2 is 1.93 bits per heavy atom. The smallest absolute Gasteiger partial charge is 0.324 e. The zero-order chi connectivity index (χ0) is 21.3. The van der Waals surface area contributed by atoms with Crippen LogP contribution in [-0.2, 0) is 11.3 Å². The third kappa shape index (κ3) is 3.79. The molecule has 0 saturated carbocycles. The quantitative estimate of drug-likeness (QED) is 0.480. The van der Waals surface area contributed by atoms with Crippen LogP contribution in [0.25, 0.3) is 16.0 Å². The molecule has 0 radical (unpaired) electrons. The fraction of sp³-hybridized carbons (Fsp3) is 0.100. The van der Waals surface area contributed by atoms with E-state index in [-0.39, 0.29) is 22.6 Å². The molecule has 30 heavy (non-hydrogen) atoms. The van der Waals surface area contributed by atoms with Gasteiger partial charge >= 0.3 is 5.69 Å². The Balaban J connectivity index is 1.84. The SMILES string of the molecule is CSc1nc2c(s1)c(=O)n(-c1ccccc1)c(=O)n2CC(=O)Nc1cccc(F)c1. The first-order chi connectivity index (χ1) is 14.5. The predicted molar refractivity (Wildman–Crippen MR) is 116 cm³/mol. The molecular formula is C20H15FN4O3S2. The number of nitrogens with zero attached hydrogens (tertiary/aromatic N) is 3. The lowest BCUT2D eigenvalue weighted by atomic mass is 10.3. The van der Waals surface area contributed by atoms with Crippen LogP contribution in [-0.4, -0.2) is 26.3 Å². The Morgan fingerprint density at radius 3 is 2.63 bits per heavy atom. The molecule has 2 aromatic carbocycles. The number of fused-ring (bicyclic) bond motifs is 1. The van der Waals surface area contributed by atoms with E-state index in [2.05, 4.69) is 10.3 Å². The Bertz CT molecular complexity index is 1360. The summed E-state index contributed by atoms with van der Waals surface area (Å²) in [4.78, 5) is 43.1. The van der Waals surface area contributed by atoms with Gasteiger partial charge in [-0.2, -0.15) is 0 Å². The van der Waals surface area contributed by atoms with Crippen molar-refractivity contribution >= 4 is 45.0 Å². The fourth-order valence-corrected chi connectivity index (χ4v) is 4.45. The maximum atomic E-state index is 13.4. The molecule has 2 heterocycles. The number of hydrogen-bond donors (Lipinski definition) is 1. The largest absolute Gasteiger partial charge is 0.337 e. The third-order valence-corrected chi connectivity index (χ3v) is 6.28. The van der Waals surface area contributed by atoms with Crippen LogP contribution in [0.2, 0.25) is 0 Å². The van der Waals surface area contributed by atoms with Gasteiger partial charge in [-0.15, -0.1) is 11.3 Å². The molecule has 4 aromatic rings. The van der Waals surface area contributed by atoms with Gasteiger partial charge in [0, 0.05) is 5.69 Å². The van der Waals surface area contributed by atoms with Crippen LogP contribution in [0.1, 0.15) is 0 Å². The van der Waals surface area contributed by atoms with Crippen molar-refractivity contribution in [1.82, 2.24) is 14.1 Å². The van der Waals surface area contributed by atoms with E-state index in [0.29, 0.717) is 10.0 Å². The summed E-state index contributed by atoms with van der Waals surface area (Å²) in [5.74, 6) is -1.03. The molecule has 0 saturated heterocycles. The predicted octanol–water partition coefficient (Wildman–Crippen LogP) is 3.11. The second kappa shape index (κ2) is 8.25. The summed E-state index contributed by atoms with van der Waals surface area (Å²) in [5.41, 5.74) is -0.343. The van der Waals surface area contributed by atoms with E-state index in [1.807, 2.05) is 6.26 Å². The van der Waals surface area contributed by atoms with E-state index in [9.17, 15) is 18.8 Å². The van der Waals surface area contributed by atoms with Gasteiger partial charge in [-0.3, -0.25) is 14.2 Å². The minimum absolute atomic E-state index is 0.154. The van der Waals surface area contributed by atoms with E-state index in [0.717, 1.165) is 9.13 Å². The lowest BCUT2D eigenvalue weighted by Gasteiger charge is -2.11. The molecule has 0 atom stereocenters. The van der Waals surface area contributed by atoms with Crippen molar-refractivity contribution in [1.29, 1.82) is 0 Å². The van der Waals surface area contributed by atoms with Crippen LogP contribution < -0.4 is 16.6 Å². The van der Waals surface area contributed by atoms with Crippen molar-refractivity contribution in [2.45, 2.75) is 10.9 Å². The van der Waals surface area contributed by atoms with Gasteiger partial charge in [0.1, 0.15) is 17.1 Å². The van der Waals surface area contributed by atoms with Crippen molar-refractivity contribution in [3.8, 4) is 5.69 Å². The number of amides is 1. The minimum atomic E-state index is -0.675. The number of thioether (sulfide) groups is 1. The summed E-state index contributed by atoms with van der Waals surface area (Å²) in [6.07, 6.45) is 1.81. The Morgan fingerprint density at radius 1 is 1.17 bits per heavy atom. The van der Waals surface area contributed by atoms with Gasteiger partial charge in [0.05, 0.1) is 5.69 Å². The number of aromatic nitrogens is 3. The monoisotopic (exact) mass is 442 g/mol. The zero-order valence-corrected chi connectivity index (χ0v) is 17.3. The van der Waals surface area contributed by atoms with Gasteiger partial charge < -0.3 is 5.32 Å². The number of anilines is 1. The molecule has 0 bridgehead atoms. The number of thiazole rings is 1. The summed E-state index contributed by atoms with van der Waals surface area (Å²) >= 11 is 2.51. The number of benzene rings is 2. The van der Waals surface area contributed by atoms with E-state index >= 15 is 0 Å². The number of halogens is 1. The fourth-order valence-electron chi connectivity index (χ4n) is 2.96. The van der Waals surface area contributed by atoms with Gasteiger partial charge in [-0.1, -0.05) is 36.0 Å². The number of nitrogens with one attached hydrogen (secondary N) is 1. The molecule has 10 heteroatoms. The van der Waals surface area contributed by atoms with Gasteiger partial charge in [0.2, 0.25) is 5.91 Å². The highest BCUT2D eigenvalue weighted by atomic mass is 32.2. The maximum absolute atomic E-state index is 13.4. The molecule has 1 amide bonds. The van der Waals surface area contributed by atoms with Crippen molar-refractivity contribution in [3.63, 3.8) is 0 Å². The van der Waals surface area contributed by atoms with E-state index in [4.69, 9.17) is 0 Å². The van der Waals surface area contributed by atoms with E-state index < -0.39 is 23.0 Å². The van der Waals surface area contributed by atoms with Gasteiger partial charge in [-0.05, 0) is 36.6 Å². The van der Waals surface area contributed by atoms with Crippen molar-refractivity contribution in [2.75, 3.05) is 11.6 Å². The molecule has 0 aliphatic rings. The molecule has 7 nitrogen and oxygen atoms in total. The molecule has 0 unspecified atom stereocenters. The van der Waals surface area contributed by atoms with Gasteiger partial charge in [0.25, 0.3) is 5.56 Å². The number of hydrogen-bond acceptors (Lipinski definition) is 6. The summed E-state index contributed by atoms with van der Waals surface area (Å²) in [6.45, 7) is -0.378. The molecule has 2 aromatic heterocycles. The highest BCUT2D eigenvalue weighted by molar-refractivity contribution is 8.00. The van der Waals surface area contributed by atoms with Crippen molar-refractivity contribution in [3.05, 3.63) is 81.3 Å². The Kier molecular flexibility index (Phi) is 5.51. The number of rotatable bonds is 5. The molecule has 0 aliphatic carbocycles. The highest BCUT2D eigenvalue weighted by Crippen LogP contribution is 2.25. The van der Waals surface area contributed by atoms with Crippen molar-refractivity contribution in [2.24, 2.45) is 0 Å². The normalized spacial score (nSPS) is 11.0. The summed E-state index contributed by atoms with van der Waals surface area (Å²) in [5, 5.41) is 2.56. The van der Waals surface area contributed by atoms with Crippen LogP contribution >= 0.6 is 23.1 Å². The Hall–Kier alpha value is -3.24.